The van der Waals surface area contributed by atoms with Gasteiger partial charge in [-0.1, -0.05) is 11.6 Å². The number of rotatable bonds is 5. The van der Waals surface area contributed by atoms with E-state index in [0.29, 0.717) is 0 Å². The van der Waals surface area contributed by atoms with Crippen molar-refractivity contribution in [1.82, 2.24) is 10.3 Å². The van der Waals surface area contributed by atoms with Gasteiger partial charge in [0.25, 0.3) is 0 Å². The molecule has 0 aliphatic carbocycles. The number of pyridine rings is 1. The van der Waals surface area contributed by atoms with E-state index in [9.17, 15) is 0 Å². The van der Waals surface area contributed by atoms with Gasteiger partial charge in [-0.25, -0.2) is 0 Å². The lowest BCUT2D eigenvalue weighted by atomic mass is 10.2. The molecule has 0 aliphatic rings. The lowest BCUT2D eigenvalue weighted by Gasteiger charge is -2.01. The summed E-state index contributed by atoms with van der Waals surface area (Å²) >= 11 is 0. The van der Waals surface area contributed by atoms with E-state index in [-0.39, 0.29) is 0 Å². The largest absolute Gasteiger partial charge is 0.313 e. The quantitative estimate of drug-likeness (QED) is 0.568. The Morgan fingerprint density at radius 1 is 1.36 bits per heavy atom. The Hall–Kier alpha value is -1.15. The van der Waals surface area contributed by atoms with E-state index in [0.717, 1.165) is 19.5 Å². The molecule has 1 aromatic heterocycles. The van der Waals surface area contributed by atoms with Crippen molar-refractivity contribution in [3.63, 3.8) is 0 Å². The molecular formula is C12H18N2. The zero-order valence-electron chi connectivity index (χ0n) is 8.96. The van der Waals surface area contributed by atoms with Crippen LogP contribution in [0.25, 0.3) is 0 Å². The fourth-order valence-corrected chi connectivity index (χ4v) is 1.16. The molecule has 76 valence electrons. The fraction of sp³-hybridized carbons (Fsp3) is 0.417. The Morgan fingerprint density at radius 3 is 2.71 bits per heavy atom. The number of hydrogen-bond acceptors (Lipinski definition) is 2. The molecule has 1 aromatic rings. The van der Waals surface area contributed by atoms with Crippen LogP contribution in [0.1, 0.15) is 19.4 Å². The van der Waals surface area contributed by atoms with Gasteiger partial charge in [0, 0.05) is 18.9 Å². The van der Waals surface area contributed by atoms with Crippen LogP contribution in [-0.2, 0) is 6.42 Å². The van der Waals surface area contributed by atoms with Gasteiger partial charge in [0.15, 0.2) is 0 Å². The van der Waals surface area contributed by atoms with Gasteiger partial charge in [-0.15, -0.1) is 0 Å². The van der Waals surface area contributed by atoms with Crippen molar-refractivity contribution in [3.05, 3.63) is 41.7 Å². The van der Waals surface area contributed by atoms with Crippen LogP contribution in [0.3, 0.4) is 0 Å². The highest BCUT2D eigenvalue weighted by Crippen LogP contribution is 1.95. The first-order chi connectivity index (χ1) is 6.79. The molecule has 2 nitrogen and oxygen atoms in total. The zero-order chi connectivity index (χ0) is 10.2. The highest BCUT2D eigenvalue weighted by molar-refractivity contribution is 5.09. The van der Waals surface area contributed by atoms with Crippen LogP contribution in [0.2, 0.25) is 0 Å². The van der Waals surface area contributed by atoms with E-state index in [2.05, 4.69) is 42.4 Å². The van der Waals surface area contributed by atoms with E-state index in [1.165, 1.54) is 11.1 Å². The molecule has 0 atom stereocenters. The molecule has 0 fully saturated rings. The Balaban J connectivity index is 2.14. The molecule has 0 saturated heterocycles. The Bertz CT molecular complexity index is 274. The van der Waals surface area contributed by atoms with Crippen LogP contribution in [-0.4, -0.2) is 18.1 Å². The van der Waals surface area contributed by atoms with Gasteiger partial charge in [-0.3, -0.25) is 4.98 Å². The lowest BCUT2D eigenvalue weighted by Crippen LogP contribution is -2.17. The summed E-state index contributed by atoms with van der Waals surface area (Å²) in [5.41, 5.74) is 2.70. The summed E-state index contributed by atoms with van der Waals surface area (Å²) in [6, 6.07) is 4.12. The van der Waals surface area contributed by atoms with Gasteiger partial charge in [0.1, 0.15) is 0 Å². The maximum atomic E-state index is 3.98. The molecule has 0 unspecified atom stereocenters. The highest BCUT2D eigenvalue weighted by Gasteiger charge is 1.90. The molecule has 0 saturated carbocycles. The average Bonchev–Trinajstić information content (AvgIpc) is 2.18. The summed E-state index contributed by atoms with van der Waals surface area (Å²) in [5.74, 6) is 0. The number of aromatic nitrogens is 1. The van der Waals surface area contributed by atoms with Crippen molar-refractivity contribution < 1.29 is 0 Å². The SMILES string of the molecule is CC(C)=CCNCCc1ccncc1. The second-order valence-corrected chi connectivity index (χ2v) is 3.59. The van der Waals surface area contributed by atoms with Gasteiger partial charge in [-0.2, -0.15) is 0 Å². The number of nitrogens with zero attached hydrogens (tertiary/aromatic N) is 1. The number of hydrogen-bond donors (Lipinski definition) is 1. The fourth-order valence-electron chi connectivity index (χ4n) is 1.16. The first kappa shape index (κ1) is 10.9. The Kier molecular flexibility index (Phi) is 4.94. The highest BCUT2D eigenvalue weighted by atomic mass is 14.8. The maximum Gasteiger partial charge on any atom is 0.0270 e. The predicted octanol–water partition coefficient (Wildman–Crippen LogP) is 2.18. The minimum atomic E-state index is 0.966. The molecule has 0 radical (unpaired) electrons. The topological polar surface area (TPSA) is 24.9 Å². The van der Waals surface area contributed by atoms with Crippen LogP contribution in [0.5, 0.6) is 0 Å². The summed E-state index contributed by atoms with van der Waals surface area (Å²) in [6.07, 6.45) is 6.95. The van der Waals surface area contributed by atoms with E-state index < -0.39 is 0 Å². The first-order valence-corrected chi connectivity index (χ1v) is 5.02. The molecule has 14 heavy (non-hydrogen) atoms. The zero-order valence-corrected chi connectivity index (χ0v) is 8.96. The third-order valence-corrected chi connectivity index (χ3v) is 1.99. The first-order valence-electron chi connectivity index (χ1n) is 5.02. The van der Waals surface area contributed by atoms with E-state index >= 15 is 0 Å². The van der Waals surface area contributed by atoms with Crippen molar-refractivity contribution in [2.45, 2.75) is 20.3 Å². The average molecular weight is 190 g/mol. The monoisotopic (exact) mass is 190 g/mol. The number of allylic oxidation sites excluding steroid dienone is 1. The molecule has 0 bridgehead atoms. The van der Waals surface area contributed by atoms with Crippen LogP contribution in [0.15, 0.2) is 36.2 Å². The molecule has 1 heterocycles. The minimum absolute atomic E-state index is 0.966. The van der Waals surface area contributed by atoms with Crippen molar-refractivity contribution in [2.75, 3.05) is 13.1 Å². The van der Waals surface area contributed by atoms with E-state index in [4.69, 9.17) is 0 Å². The molecule has 2 heteroatoms. The van der Waals surface area contributed by atoms with Crippen molar-refractivity contribution in [1.29, 1.82) is 0 Å². The van der Waals surface area contributed by atoms with Crippen LogP contribution < -0.4 is 5.32 Å². The molecular weight excluding hydrogens is 172 g/mol. The third-order valence-electron chi connectivity index (χ3n) is 1.99. The second kappa shape index (κ2) is 6.33. The van der Waals surface area contributed by atoms with Crippen LogP contribution in [0.4, 0.5) is 0 Å². The molecule has 0 aromatic carbocycles. The Morgan fingerprint density at radius 2 is 2.07 bits per heavy atom. The lowest BCUT2D eigenvalue weighted by molar-refractivity contribution is 0.742. The molecule has 0 aliphatic heterocycles. The molecule has 1 N–H and O–H groups in total. The van der Waals surface area contributed by atoms with Crippen molar-refractivity contribution in [2.24, 2.45) is 0 Å². The predicted molar refractivity (Wildman–Crippen MR) is 60.2 cm³/mol. The summed E-state index contributed by atoms with van der Waals surface area (Å²) in [5, 5.41) is 3.37. The van der Waals surface area contributed by atoms with Gasteiger partial charge in [-0.05, 0) is 44.5 Å². The summed E-state index contributed by atoms with van der Waals surface area (Å²) in [4.78, 5) is 3.98. The van der Waals surface area contributed by atoms with Gasteiger partial charge >= 0.3 is 0 Å². The summed E-state index contributed by atoms with van der Waals surface area (Å²) in [6.45, 7) is 6.22. The van der Waals surface area contributed by atoms with Gasteiger partial charge in [0.2, 0.25) is 0 Å². The summed E-state index contributed by atoms with van der Waals surface area (Å²) < 4.78 is 0. The molecule has 0 spiro atoms. The Labute approximate surface area is 86.1 Å². The third kappa shape index (κ3) is 4.77. The van der Waals surface area contributed by atoms with Crippen molar-refractivity contribution in [3.8, 4) is 0 Å². The van der Waals surface area contributed by atoms with Crippen molar-refractivity contribution >= 4 is 0 Å². The maximum absolute atomic E-state index is 3.98. The second-order valence-electron chi connectivity index (χ2n) is 3.59. The molecule has 1 rings (SSSR count). The summed E-state index contributed by atoms with van der Waals surface area (Å²) in [7, 11) is 0. The van der Waals surface area contributed by atoms with Gasteiger partial charge < -0.3 is 5.32 Å². The smallest absolute Gasteiger partial charge is 0.0270 e. The standard InChI is InChI=1S/C12H18N2/c1-11(2)3-7-13-8-4-12-5-9-14-10-6-12/h3,5-6,9-10,13H,4,7-8H2,1-2H3. The van der Waals surface area contributed by atoms with E-state index in [1.54, 1.807) is 0 Å². The normalized spacial score (nSPS) is 9.86. The minimum Gasteiger partial charge on any atom is -0.313 e. The van der Waals surface area contributed by atoms with Crippen LogP contribution >= 0.6 is 0 Å². The number of nitrogens with one attached hydrogen (secondary N) is 1. The van der Waals surface area contributed by atoms with E-state index in [1.807, 2.05) is 12.4 Å². The molecule has 0 amide bonds. The van der Waals surface area contributed by atoms with Crippen LogP contribution in [0, 0.1) is 0 Å². The van der Waals surface area contributed by atoms with Gasteiger partial charge in [0.05, 0.1) is 0 Å².